The van der Waals surface area contributed by atoms with E-state index in [1.165, 1.54) is 19.2 Å². The smallest absolute Gasteiger partial charge is 0.407 e. The molecular weight excluding hydrogens is 298 g/mol. The number of benzene rings is 1. The minimum absolute atomic E-state index is 0.138. The molecule has 23 heavy (non-hydrogen) atoms. The maximum atomic E-state index is 11.4. The van der Waals surface area contributed by atoms with E-state index in [0.717, 1.165) is 0 Å². The fraction of sp³-hybridized carbons (Fsp3) is 0.412. The Bertz CT molecular complexity index is 635. The summed E-state index contributed by atoms with van der Waals surface area (Å²) < 4.78 is 10.2. The number of hydrogen-bond donors (Lipinski definition) is 2. The fourth-order valence-corrected chi connectivity index (χ4v) is 1.63. The number of aromatic carboxylic acids is 1. The summed E-state index contributed by atoms with van der Waals surface area (Å²) in [6, 6.07) is 4.48. The van der Waals surface area contributed by atoms with Crippen LogP contribution in [-0.4, -0.2) is 36.4 Å². The van der Waals surface area contributed by atoms with E-state index in [1.807, 2.05) is 0 Å². The van der Waals surface area contributed by atoms with Gasteiger partial charge in [-0.15, -0.1) is 0 Å². The quantitative estimate of drug-likeness (QED) is 0.658. The summed E-state index contributed by atoms with van der Waals surface area (Å²) in [5.41, 5.74) is 0.198. The zero-order chi connectivity index (χ0) is 17.5. The lowest BCUT2D eigenvalue weighted by molar-refractivity contribution is 0.0528. The molecule has 1 amide bonds. The monoisotopic (exact) mass is 319 g/mol. The summed E-state index contributed by atoms with van der Waals surface area (Å²) in [4.78, 5) is 22.3. The van der Waals surface area contributed by atoms with Crippen LogP contribution < -0.4 is 10.1 Å². The average Bonchev–Trinajstić information content (AvgIpc) is 2.44. The van der Waals surface area contributed by atoms with Crippen molar-refractivity contribution in [3.05, 3.63) is 29.3 Å². The van der Waals surface area contributed by atoms with Gasteiger partial charge in [-0.25, -0.2) is 9.59 Å². The lowest BCUT2D eigenvalue weighted by Gasteiger charge is -2.19. The molecule has 0 heterocycles. The van der Waals surface area contributed by atoms with Crippen molar-refractivity contribution in [2.45, 2.75) is 32.8 Å². The Hall–Kier alpha value is -2.68. The number of hydrogen-bond acceptors (Lipinski definition) is 4. The number of alkyl carbamates (subject to hydrolysis) is 1. The number of carbonyl (C=O) groups is 2. The minimum Gasteiger partial charge on any atom is -0.495 e. The first-order chi connectivity index (χ1) is 10.7. The summed E-state index contributed by atoms with van der Waals surface area (Å²) in [5, 5.41) is 11.5. The van der Waals surface area contributed by atoms with E-state index in [9.17, 15) is 9.59 Å². The van der Waals surface area contributed by atoms with E-state index in [0.29, 0.717) is 24.3 Å². The first-order valence-corrected chi connectivity index (χ1v) is 7.10. The van der Waals surface area contributed by atoms with Gasteiger partial charge in [0.15, 0.2) is 0 Å². The van der Waals surface area contributed by atoms with Crippen LogP contribution in [0.3, 0.4) is 0 Å². The highest BCUT2D eigenvalue weighted by Crippen LogP contribution is 2.19. The van der Waals surface area contributed by atoms with Gasteiger partial charge in [0, 0.05) is 13.0 Å². The van der Waals surface area contributed by atoms with Gasteiger partial charge in [-0.2, -0.15) is 0 Å². The maximum absolute atomic E-state index is 11.4. The molecule has 0 aliphatic rings. The second-order valence-electron chi connectivity index (χ2n) is 5.70. The molecule has 1 aromatic carbocycles. The van der Waals surface area contributed by atoms with Crippen molar-refractivity contribution in [3.8, 4) is 17.6 Å². The standard InChI is InChI=1S/C17H21NO5/c1-17(2,3)23-16(21)18-10-6-5-7-12-8-9-13(15(19)20)11-14(12)22-4/h8-9,11H,6,10H2,1-4H3,(H,18,21)(H,19,20). The molecular formula is C17H21NO5. The van der Waals surface area contributed by atoms with Gasteiger partial charge in [0.1, 0.15) is 11.4 Å². The Balaban J connectivity index is 2.57. The molecule has 124 valence electrons. The molecule has 0 spiro atoms. The van der Waals surface area contributed by atoms with Crippen LogP contribution in [0.2, 0.25) is 0 Å². The van der Waals surface area contributed by atoms with Gasteiger partial charge in [0.2, 0.25) is 0 Å². The number of carboxylic acids is 1. The Kier molecular flexibility index (Phi) is 6.46. The van der Waals surface area contributed by atoms with Gasteiger partial charge in [-0.05, 0) is 39.0 Å². The zero-order valence-corrected chi connectivity index (χ0v) is 13.7. The van der Waals surface area contributed by atoms with Crippen molar-refractivity contribution in [2.75, 3.05) is 13.7 Å². The SMILES string of the molecule is COc1cc(C(=O)O)ccc1C#CCCNC(=O)OC(C)(C)C. The van der Waals surface area contributed by atoms with E-state index >= 15 is 0 Å². The number of carboxylic acid groups (broad SMARTS) is 1. The number of rotatable bonds is 4. The summed E-state index contributed by atoms with van der Waals surface area (Å²) in [5.74, 6) is 5.16. The van der Waals surface area contributed by atoms with Crippen molar-refractivity contribution >= 4 is 12.1 Å². The van der Waals surface area contributed by atoms with E-state index in [4.69, 9.17) is 14.6 Å². The maximum Gasteiger partial charge on any atom is 0.407 e. The van der Waals surface area contributed by atoms with Gasteiger partial charge < -0.3 is 19.9 Å². The third-order valence-corrected chi connectivity index (χ3v) is 2.59. The Morgan fingerprint density at radius 1 is 1.30 bits per heavy atom. The van der Waals surface area contributed by atoms with Gasteiger partial charge in [0.25, 0.3) is 0 Å². The Morgan fingerprint density at radius 2 is 2.00 bits per heavy atom. The first-order valence-electron chi connectivity index (χ1n) is 7.10. The summed E-state index contributed by atoms with van der Waals surface area (Å²) >= 11 is 0. The molecule has 1 rings (SSSR count). The third-order valence-electron chi connectivity index (χ3n) is 2.59. The predicted molar refractivity (Wildman–Crippen MR) is 85.7 cm³/mol. The largest absolute Gasteiger partial charge is 0.495 e. The molecule has 0 aliphatic heterocycles. The van der Waals surface area contributed by atoms with Crippen LogP contribution in [0.1, 0.15) is 43.1 Å². The number of ether oxygens (including phenoxy) is 2. The lowest BCUT2D eigenvalue weighted by Crippen LogP contribution is -2.32. The molecule has 1 aromatic rings. The van der Waals surface area contributed by atoms with Crippen LogP contribution >= 0.6 is 0 Å². The van der Waals surface area contributed by atoms with E-state index in [-0.39, 0.29) is 5.56 Å². The summed E-state index contributed by atoms with van der Waals surface area (Å²) in [6.07, 6.45) is -0.0500. The van der Waals surface area contributed by atoms with E-state index in [1.54, 1.807) is 26.8 Å². The highest BCUT2D eigenvalue weighted by molar-refractivity contribution is 5.88. The molecule has 6 nitrogen and oxygen atoms in total. The van der Waals surface area contributed by atoms with Crippen molar-refractivity contribution in [3.63, 3.8) is 0 Å². The normalized spacial score (nSPS) is 10.3. The molecule has 0 saturated heterocycles. The van der Waals surface area contributed by atoms with Crippen molar-refractivity contribution < 1.29 is 24.2 Å². The highest BCUT2D eigenvalue weighted by atomic mass is 16.6. The molecule has 0 fully saturated rings. The molecule has 0 unspecified atom stereocenters. The second kappa shape index (κ2) is 8.08. The molecule has 0 saturated carbocycles. The molecule has 0 aromatic heterocycles. The molecule has 0 atom stereocenters. The van der Waals surface area contributed by atoms with E-state index < -0.39 is 17.7 Å². The molecule has 0 bridgehead atoms. The molecule has 6 heteroatoms. The van der Waals surface area contributed by atoms with Gasteiger partial charge in [0.05, 0.1) is 18.2 Å². The highest BCUT2D eigenvalue weighted by Gasteiger charge is 2.15. The Morgan fingerprint density at radius 3 is 2.57 bits per heavy atom. The van der Waals surface area contributed by atoms with Gasteiger partial charge in [-0.1, -0.05) is 11.8 Å². The average molecular weight is 319 g/mol. The van der Waals surface area contributed by atoms with Gasteiger partial charge >= 0.3 is 12.1 Å². The second-order valence-corrected chi connectivity index (χ2v) is 5.70. The van der Waals surface area contributed by atoms with Crippen LogP contribution in [-0.2, 0) is 4.74 Å². The van der Waals surface area contributed by atoms with Gasteiger partial charge in [-0.3, -0.25) is 0 Å². The van der Waals surface area contributed by atoms with Crippen LogP contribution in [0.5, 0.6) is 5.75 Å². The van der Waals surface area contributed by atoms with Crippen LogP contribution in [0.4, 0.5) is 4.79 Å². The third kappa shape index (κ3) is 6.74. The lowest BCUT2D eigenvalue weighted by atomic mass is 10.1. The summed E-state index contributed by atoms with van der Waals surface area (Å²) in [7, 11) is 1.45. The van der Waals surface area contributed by atoms with Crippen LogP contribution in [0, 0.1) is 11.8 Å². The zero-order valence-electron chi connectivity index (χ0n) is 13.7. The minimum atomic E-state index is -1.02. The molecule has 0 aliphatic carbocycles. The summed E-state index contributed by atoms with van der Waals surface area (Å²) in [6.45, 7) is 5.73. The molecule has 0 radical (unpaired) electrons. The van der Waals surface area contributed by atoms with Crippen LogP contribution in [0.25, 0.3) is 0 Å². The number of amides is 1. The predicted octanol–water partition coefficient (Wildman–Crippen LogP) is 2.66. The number of carbonyl (C=O) groups excluding carboxylic acids is 1. The van der Waals surface area contributed by atoms with Crippen LogP contribution in [0.15, 0.2) is 18.2 Å². The first kappa shape index (κ1) is 18.4. The van der Waals surface area contributed by atoms with E-state index in [2.05, 4.69) is 17.2 Å². The van der Waals surface area contributed by atoms with Crippen molar-refractivity contribution in [1.29, 1.82) is 0 Å². The van der Waals surface area contributed by atoms with Crippen molar-refractivity contribution in [1.82, 2.24) is 5.32 Å². The number of nitrogens with one attached hydrogen (secondary N) is 1. The van der Waals surface area contributed by atoms with Crippen molar-refractivity contribution in [2.24, 2.45) is 0 Å². The Labute approximate surface area is 135 Å². The molecule has 2 N–H and O–H groups in total. The number of methoxy groups -OCH3 is 1. The topological polar surface area (TPSA) is 84.9 Å². The fourth-order valence-electron chi connectivity index (χ4n) is 1.63.